The Labute approximate surface area is 108 Å². The van der Waals surface area contributed by atoms with E-state index in [9.17, 15) is 4.79 Å². The summed E-state index contributed by atoms with van der Waals surface area (Å²) in [6.07, 6.45) is 5.68. The van der Waals surface area contributed by atoms with Gasteiger partial charge in [0.25, 0.3) is 0 Å². The number of carbonyl (C=O) groups is 1. The van der Waals surface area contributed by atoms with Gasteiger partial charge < -0.3 is 10.1 Å². The van der Waals surface area contributed by atoms with Gasteiger partial charge in [0.05, 0.1) is 13.5 Å². The molecule has 98 valence electrons. The molecule has 1 aliphatic heterocycles. The lowest BCUT2D eigenvalue weighted by Crippen LogP contribution is -2.29. The Hall–Kier alpha value is -0.220. The summed E-state index contributed by atoms with van der Waals surface area (Å²) in [6, 6.07) is 0. The molecule has 0 aromatic carbocycles. The van der Waals surface area contributed by atoms with E-state index in [4.69, 9.17) is 4.74 Å². The zero-order valence-electron chi connectivity index (χ0n) is 10.7. The molecular weight excluding hydrogens is 234 g/mol. The van der Waals surface area contributed by atoms with Crippen LogP contribution >= 0.6 is 11.8 Å². The van der Waals surface area contributed by atoms with Crippen LogP contribution in [-0.4, -0.2) is 37.7 Å². The zero-order valence-corrected chi connectivity index (χ0v) is 11.5. The Bertz CT molecular complexity index is 260. The standard InChI is InChI=1S/C13H23NO2S/c1-16-12(15)8-13(4-5-13)10-17-9-11-2-6-14-7-3-11/h11,14H,2-10H2,1H3. The highest BCUT2D eigenvalue weighted by Crippen LogP contribution is 2.51. The van der Waals surface area contributed by atoms with Crippen molar-refractivity contribution in [1.29, 1.82) is 0 Å². The molecule has 1 saturated carbocycles. The van der Waals surface area contributed by atoms with Crippen LogP contribution in [0.3, 0.4) is 0 Å². The second-order valence-electron chi connectivity index (χ2n) is 5.46. The van der Waals surface area contributed by atoms with Crippen LogP contribution in [0, 0.1) is 11.3 Å². The van der Waals surface area contributed by atoms with E-state index < -0.39 is 0 Å². The molecule has 17 heavy (non-hydrogen) atoms. The van der Waals surface area contributed by atoms with Crippen LogP contribution in [0.15, 0.2) is 0 Å². The molecule has 0 aromatic heterocycles. The Balaban J connectivity index is 1.62. The van der Waals surface area contributed by atoms with Gasteiger partial charge in [-0.15, -0.1) is 0 Å². The minimum atomic E-state index is -0.0371. The van der Waals surface area contributed by atoms with Crippen LogP contribution in [0.5, 0.6) is 0 Å². The number of piperidine rings is 1. The molecule has 1 saturated heterocycles. The smallest absolute Gasteiger partial charge is 0.306 e. The van der Waals surface area contributed by atoms with Gasteiger partial charge in [0.2, 0.25) is 0 Å². The first-order valence-corrected chi connectivity index (χ1v) is 7.75. The molecule has 0 radical (unpaired) electrons. The van der Waals surface area contributed by atoms with Crippen LogP contribution in [0.4, 0.5) is 0 Å². The summed E-state index contributed by atoms with van der Waals surface area (Å²) in [7, 11) is 1.49. The third kappa shape index (κ3) is 4.18. The Morgan fingerprint density at radius 3 is 2.71 bits per heavy atom. The molecule has 0 spiro atoms. The number of nitrogens with one attached hydrogen (secondary N) is 1. The van der Waals surface area contributed by atoms with E-state index in [0.29, 0.717) is 11.8 Å². The highest BCUT2D eigenvalue weighted by atomic mass is 32.2. The highest BCUT2D eigenvalue weighted by Gasteiger charge is 2.44. The predicted octanol–water partition coefficient (Wildman–Crippen LogP) is 2.06. The van der Waals surface area contributed by atoms with Crippen molar-refractivity contribution in [2.45, 2.75) is 32.1 Å². The number of rotatable bonds is 6. The fraction of sp³-hybridized carbons (Fsp3) is 0.923. The molecule has 2 fully saturated rings. The maximum absolute atomic E-state index is 11.3. The maximum Gasteiger partial charge on any atom is 0.306 e. The van der Waals surface area contributed by atoms with Crippen molar-refractivity contribution in [3.8, 4) is 0 Å². The van der Waals surface area contributed by atoms with Gasteiger partial charge in [-0.3, -0.25) is 4.79 Å². The van der Waals surface area contributed by atoms with Crippen LogP contribution in [-0.2, 0) is 9.53 Å². The summed E-state index contributed by atoms with van der Waals surface area (Å²) in [4.78, 5) is 11.3. The fourth-order valence-corrected chi connectivity index (χ4v) is 4.03. The van der Waals surface area contributed by atoms with Gasteiger partial charge in [0.1, 0.15) is 0 Å². The minimum absolute atomic E-state index is 0.0371. The molecule has 4 heteroatoms. The first-order chi connectivity index (χ1) is 8.24. The van der Waals surface area contributed by atoms with Gasteiger partial charge >= 0.3 is 5.97 Å². The van der Waals surface area contributed by atoms with Gasteiger partial charge in [-0.2, -0.15) is 11.8 Å². The molecule has 2 aliphatic rings. The number of hydrogen-bond acceptors (Lipinski definition) is 4. The Morgan fingerprint density at radius 2 is 2.12 bits per heavy atom. The number of esters is 1. The van der Waals surface area contributed by atoms with Gasteiger partial charge in [-0.05, 0) is 61.6 Å². The van der Waals surface area contributed by atoms with Crippen molar-refractivity contribution in [3.63, 3.8) is 0 Å². The average Bonchev–Trinajstić information content (AvgIpc) is 3.10. The van der Waals surface area contributed by atoms with Crippen molar-refractivity contribution in [3.05, 3.63) is 0 Å². The van der Waals surface area contributed by atoms with E-state index in [0.717, 1.165) is 11.7 Å². The second kappa shape index (κ2) is 6.10. The van der Waals surface area contributed by atoms with Crippen LogP contribution in [0.1, 0.15) is 32.1 Å². The molecule has 1 N–H and O–H groups in total. The molecule has 0 amide bonds. The summed E-state index contributed by atoms with van der Waals surface area (Å²) < 4.78 is 4.77. The molecule has 0 bridgehead atoms. The predicted molar refractivity (Wildman–Crippen MR) is 71.2 cm³/mol. The lowest BCUT2D eigenvalue weighted by atomic mass is 10.0. The van der Waals surface area contributed by atoms with Gasteiger partial charge in [-0.1, -0.05) is 0 Å². The van der Waals surface area contributed by atoms with E-state index in [2.05, 4.69) is 5.32 Å². The lowest BCUT2D eigenvalue weighted by Gasteiger charge is -2.23. The quantitative estimate of drug-likeness (QED) is 0.739. The third-order valence-corrected chi connectivity index (χ3v) is 5.45. The minimum Gasteiger partial charge on any atom is -0.469 e. The van der Waals surface area contributed by atoms with E-state index in [1.165, 1.54) is 51.6 Å². The van der Waals surface area contributed by atoms with E-state index in [-0.39, 0.29) is 5.97 Å². The summed E-state index contributed by atoms with van der Waals surface area (Å²) in [6.45, 7) is 2.36. The zero-order chi connectivity index (χ0) is 12.1. The monoisotopic (exact) mass is 257 g/mol. The number of hydrogen-bond donors (Lipinski definition) is 1. The second-order valence-corrected chi connectivity index (χ2v) is 6.49. The van der Waals surface area contributed by atoms with Crippen molar-refractivity contribution in [2.24, 2.45) is 11.3 Å². The normalized spacial score (nSPS) is 23.4. The number of thioether (sulfide) groups is 1. The molecular formula is C13H23NO2S. The topological polar surface area (TPSA) is 38.3 Å². The highest BCUT2D eigenvalue weighted by molar-refractivity contribution is 7.99. The SMILES string of the molecule is COC(=O)CC1(CSCC2CCNCC2)CC1. The molecule has 2 rings (SSSR count). The molecule has 0 aromatic rings. The lowest BCUT2D eigenvalue weighted by molar-refractivity contribution is -0.141. The van der Waals surface area contributed by atoms with Gasteiger partial charge in [0, 0.05) is 0 Å². The molecule has 3 nitrogen and oxygen atoms in total. The maximum atomic E-state index is 11.3. The fourth-order valence-electron chi connectivity index (χ4n) is 2.42. The summed E-state index contributed by atoms with van der Waals surface area (Å²) in [5, 5.41) is 3.40. The average molecular weight is 257 g/mol. The third-order valence-electron chi connectivity index (χ3n) is 3.92. The van der Waals surface area contributed by atoms with E-state index >= 15 is 0 Å². The number of methoxy groups -OCH3 is 1. The largest absolute Gasteiger partial charge is 0.469 e. The summed E-state index contributed by atoms with van der Waals surface area (Å²) >= 11 is 2.05. The van der Waals surface area contributed by atoms with Crippen molar-refractivity contribution in [2.75, 3.05) is 31.7 Å². The summed E-state index contributed by atoms with van der Waals surface area (Å²) in [5.41, 5.74) is 0.296. The number of carbonyl (C=O) groups excluding carboxylic acids is 1. The Kier molecular flexibility index (Phi) is 4.74. The first-order valence-electron chi connectivity index (χ1n) is 6.59. The van der Waals surface area contributed by atoms with Crippen molar-refractivity contribution < 1.29 is 9.53 Å². The molecule has 0 unspecified atom stereocenters. The summed E-state index contributed by atoms with van der Waals surface area (Å²) in [5.74, 6) is 3.26. The van der Waals surface area contributed by atoms with Crippen LogP contribution in [0.2, 0.25) is 0 Å². The molecule has 1 heterocycles. The van der Waals surface area contributed by atoms with Crippen molar-refractivity contribution in [1.82, 2.24) is 5.32 Å². The van der Waals surface area contributed by atoms with Crippen molar-refractivity contribution >= 4 is 17.7 Å². The van der Waals surface area contributed by atoms with Gasteiger partial charge in [0.15, 0.2) is 0 Å². The molecule has 1 aliphatic carbocycles. The molecule has 0 atom stereocenters. The van der Waals surface area contributed by atoms with E-state index in [1.54, 1.807) is 0 Å². The Morgan fingerprint density at radius 1 is 1.41 bits per heavy atom. The number of ether oxygens (including phenoxy) is 1. The van der Waals surface area contributed by atoms with Gasteiger partial charge in [-0.25, -0.2) is 0 Å². The van der Waals surface area contributed by atoms with E-state index in [1.807, 2.05) is 11.8 Å². The van der Waals surface area contributed by atoms with Crippen LogP contribution < -0.4 is 5.32 Å². The first kappa shape index (κ1) is 13.2. The van der Waals surface area contributed by atoms with Crippen LogP contribution in [0.25, 0.3) is 0 Å².